The van der Waals surface area contributed by atoms with Gasteiger partial charge in [-0.15, -0.1) is 0 Å². The number of rotatable bonds is 17. The van der Waals surface area contributed by atoms with Gasteiger partial charge in [-0.05, 0) is 106 Å². The van der Waals surface area contributed by atoms with Crippen LogP contribution in [0.2, 0.25) is 0 Å². The van der Waals surface area contributed by atoms with E-state index in [9.17, 15) is 54.0 Å². The molecule has 10 unspecified atom stereocenters. The molecule has 0 aliphatic carbocycles. The number of pyridine rings is 4. The summed E-state index contributed by atoms with van der Waals surface area (Å²) >= 11 is 3.39. The Morgan fingerprint density at radius 2 is 0.742 bits per heavy atom. The monoisotopic (exact) mass is 1740 g/mol. The summed E-state index contributed by atoms with van der Waals surface area (Å²) in [6, 6.07) is 13.3. The molecule has 4 fully saturated rings. The van der Waals surface area contributed by atoms with Crippen molar-refractivity contribution < 1.29 is 121 Å². The highest BCUT2D eigenvalue weighted by Gasteiger charge is 2.45. The van der Waals surface area contributed by atoms with Gasteiger partial charge in [0, 0.05) is 110 Å². The van der Waals surface area contributed by atoms with Gasteiger partial charge < -0.3 is 67.8 Å². The van der Waals surface area contributed by atoms with Gasteiger partial charge in [0.25, 0.3) is 22.2 Å². The molecule has 18 atom stereocenters. The number of hydrogen-bond donors (Lipinski definition) is 4. The van der Waals surface area contributed by atoms with Gasteiger partial charge in [-0.1, -0.05) is 111 Å². The number of fused-ring (bicyclic) bond motifs is 4. The molecule has 4 N–H and O–H groups in total. The second-order valence-corrected chi connectivity index (χ2v) is 29.1. The largest absolute Gasteiger partial charge is 0.504 e. The third kappa shape index (κ3) is 27.9. The van der Waals surface area contributed by atoms with Gasteiger partial charge in [0.1, 0.15) is 29.4 Å². The Bertz CT molecular complexity index is 5010. The molecule has 12 rings (SSSR count). The van der Waals surface area contributed by atoms with E-state index in [1.54, 1.807) is 85.8 Å². The van der Waals surface area contributed by atoms with E-state index in [1.165, 1.54) is 50.6 Å². The molecule has 0 aromatic carbocycles. The van der Waals surface area contributed by atoms with E-state index in [1.807, 2.05) is 62.3 Å². The number of carbonyl (C=O) groups excluding carboxylic acids is 11. The maximum absolute atomic E-state index is 12.7. The van der Waals surface area contributed by atoms with Crippen LogP contribution in [0, 0.1) is 35.5 Å². The first-order valence-electron chi connectivity index (χ1n) is 38.5. The zero-order valence-corrected chi connectivity index (χ0v) is 70.7. The van der Waals surface area contributed by atoms with Gasteiger partial charge in [0.2, 0.25) is 18.9 Å². The Morgan fingerprint density at radius 1 is 0.433 bits per heavy atom. The van der Waals surface area contributed by atoms with Crippen LogP contribution in [0.25, 0.3) is 22.6 Å². The minimum Gasteiger partial charge on any atom is -0.504 e. The molecule has 4 aliphatic heterocycles. The third-order valence-corrected chi connectivity index (χ3v) is 20.6. The number of hydrogen-bond acceptors (Lipinski definition) is 33. The van der Waals surface area contributed by atoms with Crippen molar-refractivity contribution in [2.75, 3.05) is 13.2 Å². The molecule has 652 valence electrons. The lowest BCUT2D eigenvalue weighted by atomic mass is 9.84. The summed E-state index contributed by atoms with van der Waals surface area (Å²) in [5.41, 5.74) is 3.58. The van der Waals surface area contributed by atoms with Crippen LogP contribution in [0.3, 0.4) is 0 Å². The minimum atomic E-state index is -1.42. The van der Waals surface area contributed by atoms with E-state index in [-0.39, 0.29) is 130 Å². The maximum atomic E-state index is 12.7. The summed E-state index contributed by atoms with van der Waals surface area (Å²) in [6.45, 7) is 28.9. The first-order chi connectivity index (χ1) is 57.1. The Labute approximate surface area is 697 Å². The summed E-state index contributed by atoms with van der Waals surface area (Å²) in [5.74, 6) is 1.36. The van der Waals surface area contributed by atoms with Crippen LogP contribution in [0.4, 0.5) is 0 Å². The van der Waals surface area contributed by atoms with Crippen molar-refractivity contribution in [3.05, 3.63) is 162 Å². The number of aliphatic hydroxyl groups is 3. The fourth-order valence-electron chi connectivity index (χ4n) is 12.9. The van der Waals surface area contributed by atoms with E-state index in [0.29, 0.717) is 100 Å². The van der Waals surface area contributed by atoms with Crippen molar-refractivity contribution >= 4 is 81.0 Å². The number of nitrogens with zero attached hydrogens (tertiary/aromatic N) is 8. The number of aromatic nitrogens is 8. The van der Waals surface area contributed by atoms with Crippen molar-refractivity contribution in [2.24, 2.45) is 35.5 Å². The highest BCUT2D eigenvalue weighted by molar-refractivity contribution is 9.09. The molecule has 8 aromatic rings. The molecule has 0 spiro atoms. The lowest BCUT2D eigenvalue weighted by Crippen LogP contribution is -2.54. The normalized spacial score (nSPS) is 24.3. The number of halogens is 1. The molecule has 38 heteroatoms. The summed E-state index contributed by atoms with van der Waals surface area (Å²) < 4.78 is 62.3. The van der Waals surface area contributed by atoms with E-state index in [2.05, 4.69) is 56.6 Å². The van der Waals surface area contributed by atoms with Crippen LogP contribution < -0.4 is 36.4 Å². The summed E-state index contributed by atoms with van der Waals surface area (Å²) in [7, 11) is 0. The second-order valence-electron chi connectivity index (χ2n) is 28.2. The zero-order valence-electron chi connectivity index (χ0n) is 69.2. The van der Waals surface area contributed by atoms with Gasteiger partial charge in [-0.3, -0.25) is 51.2 Å². The van der Waals surface area contributed by atoms with Crippen LogP contribution >= 0.6 is 15.9 Å². The molecule has 37 nitrogen and oxygen atoms in total. The molecule has 120 heavy (non-hydrogen) atoms. The highest BCUT2D eigenvalue weighted by atomic mass is 79.9. The van der Waals surface area contributed by atoms with Gasteiger partial charge in [0.15, 0.2) is 57.8 Å². The number of alkyl halides is 1. The molecule has 0 saturated carbocycles. The van der Waals surface area contributed by atoms with Gasteiger partial charge >= 0.3 is 42.5 Å². The number of ether oxygens (including phenoxy) is 10. The van der Waals surface area contributed by atoms with Crippen LogP contribution in [-0.4, -0.2) is 186 Å². The van der Waals surface area contributed by atoms with Crippen molar-refractivity contribution in [2.45, 2.75) is 228 Å². The van der Waals surface area contributed by atoms with Gasteiger partial charge in [0.05, 0.1) is 25.4 Å². The number of aryl methyl sites for hydroxylation is 4. The average molecular weight is 1740 g/mol. The Hall–Kier alpha value is -11.2. The summed E-state index contributed by atoms with van der Waals surface area (Å²) in [6.07, 6.45) is 12.2. The van der Waals surface area contributed by atoms with Crippen LogP contribution in [0.15, 0.2) is 117 Å². The number of aromatic hydroxyl groups is 1. The average Bonchev–Trinajstić information content (AvgIpc) is 0.819. The smallest absolute Gasteiger partial charge is 0.373 e. The van der Waals surface area contributed by atoms with E-state index < -0.39 is 49.4 Å². The first kappa shape index (κ1) is 101. The van der Waals surface area contributed by atoms with Crippen molar-refractivity contribution in [1.29, 1.82) is 0 Å². The predicted octanol–water partition coefficient (Wildman–Crippen LogP) is 6.37. The lowest BCUT2D eigenvalue weighted by Gasteiger charge is -2.42. The predicted molar refractivity (Wildman–Crippen MR) is 422 cm³/mol. The Kier molecular flexibility index (Phi) is 42.7. The zero-order chi connectivity index (χ0) is 89.8. The van der Waals surface area contributed by atoms with Crippen molar-refractivity contribution in [1.82, 2.24) is 37.5 Å². The van der Waals surface area contributed by atoms with E-state index >= 15 is 0 Å². The quantitative estimate of drug-likeness (QED) is 0.0436. The van der Waals surface area contributed by atoms with Crippen LogP contribution in [0.1, 0.15) is 152 Å². The molecular formula is C82H103BrN8O29. The van der Waals surface area contributed by atoms with Gasteiger partial charge in [-0.25, -0.2) is 19.9 Å². The molecule has 4 aliphatic rings. The Morgan fingerprint density at radius 3 is 1.12 bits per heavy atom. The molecule has 0 radical (unpaired) electrons. The standard InChI is InChI=1S/C21H28N2O5.C20H26N2O5.C16H20N2O6.C11H12N2O2.C10H17BrO3.4CO2/c1-6-8-16-11-22-19-17(9-7-10-23(19)20(16)25)28-21-18(27-15(5)24)13(3)12(2)14(4)26-21;1-5-7-15-10-21-18-16(8-6-9-22(18)19(15)24)27-20-17(26-14(4)23)13(3)12(2)11-25-20;1-2-4-9-7-17-14-11(5-3-6-18(14)15(9)22)24-16-13(21)12(20)10(19)8-23-16;1-2-4-8-7-12-10-9(14)5-3-6-13(10)11(8)15;1-5-6(2)9(14-8(4)12)10(11)13-7(5)3;4*2-1-3/h7,9-14,18,21H,6,8H2,1-5H3;6,8-10,12-13,17,20H,5,7,11H2,1-4H3;3,5-7,10,12-13,16,19-21H,2,4,8H2,1H3;3,5-7,14H,2,4H2,1H3;5-7,9-10H,1-4H3;;;;/t12?,13-,14?,18?,21-;12?,13-,17?,20-;10?,12-,13?,16-;;5?,6-,7?,9?,10+;;;;/m000.0..../s1. The second kappa shape index (κ2) is 50.6. The number of aliphatic hydroxyl groups excluding tert-OH is 3. The molecule has 12 heterocycles. The molecule has 0 amide bonds. The fraction of sp³-hybridized carbons (Fsp3) is 0.524. The summed E-state index contributed by atoms with van der Waals surface area (Å²) in [4.78, 5) is 166. The third-order valence-electron chi connectivity index (χ3n) is 19.9. The van der Waals surface area contributed by atoms with Crippen molar-refractivity contribution in [3.8, 4) is 23.0 Å². The molecule has 4 saturated heterocycles. The minimum absolute atomic E-state index is 0.0256. The highest BCUT2D eigenvalue weighted by Crippen LogP contribution is 2.37. The topological polar surface area (TPSA) is 498 Å². The molecular weight excluding hydrogens is 1640 g/mol. The summed E-state index contributed by atoms with van der Waals surface area (Å²) in [5, 5.41) is 38.5. The SMILES string of the molecule is CC(=O)OC1[C@@H](C)C(C)C(C)O[C@H]1Br.CCCc1cnc2c(O)cccn2c1=O.CCCc1cnc2c(O[C@@H]3OC(C)C(C)[C@H](C)C3OC(C)=O)cccn2c1=O.CCCc1cnc2c(O[C@@H]3OCC(C)[C@H](C)C3OC(C)=O)cccn2c1=O.CCCc1cnc2c(O[C@@H]3OCC(O)[C@H](O)C3O)cccn2c1=O.O=C=O.O=C=O.O=C=O.O=C=O. The van der Waals surface area contributed by atoms with Crippen LogP contribution in [0.5, 0.6) is 23.0 Å². The van der Waals surface area contributed by atoms with E-state index in [4.69, 9.17) is 85.7 Å². The Balaban J connectivity index is 0.000000310. The molecule has 8 aromatic heterocycles. The maximum Gasteiger partial charge on any atom is 0.373 e. The van der Waals surface area contributed by atoms with Crippen molar-refractivity contribution in [3.63, 3.8) is 0 Å². The lowest BCUT2D eigenvalue weighted by molar-refractivity contribution is -0.242. The van der Waals surface area contributed by atoms with Gasteiger partial charge in [-0.2, -0.15) is 38.4 Å². The first-order valence-corrected chi connectivity index (χ1v) is 39.4. The number of carbonyl (C=O) groups is 3. The number of esters is 3. The van der Waals surface area contributed by atoms with E-state index in [0.717, 1.165) is 25.7 Å². The van der Waals surface area contributed by atoms with Crippen LogP contribution in [-0.2, 0) is 112 Å². The fourth-order valence-corrected chi connectivity index (χ4v) is 13.8. The molecule has 0 bridgehead atoms.